The summed E-state index contributed by atoms with van der Waals surface area (Å²) in [5.74, 6) is 1.42. The number of carbonyl (C=O) groups excluding carboxylic acids is 1. The van der Waals surface area contributed by atoms with Crippen molar-refractivity contribution in [1.82, 2.24) is 39.1 Å². The van der Waals surface area contributed by atoms with E-state index in [0.29, 0.717) is 11.5 Å². The average molecular weight is 435 g/mol. The number of hydrogen-bond donors (Lipinski definition) is 0. The van der Waals surface area contributed by atoms with Crippen molar-refractivity contribution >= 4 is 5.91 Å². The highest BCUT2D eigenvalue weighted by Crippen LogP contribution is 2.31. The van der Waals surface area contributed by atoms with Crippen LogP contribution in [0.3, 0.4) is 0 Å². The highest BCUT2D eigenvalue weighted by atomic mass is 16.2. The number of rotatable bonds is 5. The molecular weight excluding hydrogens is 404 g/mol. The lowest BCUT2D eigenvalue weighted by Crippen LogP contribution is -2.51. The van der Waals surface area contributed by atoms with E-state index in [-0.39, 0.29) is 11.8 Å². The lowest BCUT2D eigenvalue weighted by molar-refractivity contribution is -0.135. The second kappa shape index (κ2) is 8.82. The summed E-state index contributed by atoms with van der Waals surface area (Å²) in [6, 6.07) is 4.34. The number of piperazine rings is 1. The van der Waals surface area contributed by atoms with Gasteiger partial charge in [-0.25, -0.2) is 4.98 Å². The number of fused-ring (bicyclic) bond motifs is 1. The molecule has 3 aromatic heterocycles. The molecule has 1 unspecified atom stereocenters. The van der Waals surface area contributed by atoms with E-state index in [1.54, 1.807) is 18.6 Å². The molecule has 0 bridgehead atoms. The Hall–Kier alpha value is -3.07. The third-order valence-electron chi connectivity index (χ3n) is 6.80. The molecule has 0 saturated carbocycles. The normalized spacial score (nSPS) is 19.2. The van der Waals surface area contributed by atoms with E-state index in [1.807, 2.05) is 9.47 Å². The van der Waals surface area contributed by atoms with Gasteiger partial charge in [0, 0.05) is 69.6 Å². The van der Waals surface area contributed by atoms with E-state index in [9.17, 15) is 4.79 Å². The largest absolute Gasteiger partial charge is 0.348 e. The fourth-order valence-electron chi connectivity index (χ4n) is 4.92. The Balaban J connectivity index is 1.22. The van der Waals surface area contributed by atoms with Gasteiger partial charge in [0.1, 0.15) is 11.5 Å². The van der Waals surface area contributed by atoms with Crippen LogP contribution in [0.25, 0.3) is 11.5 Å². The highest BCUT2D eigenvalue weighted by Gasteiger charge is 2.35. The minimum atomic E-state index is -0.224. The van der Waals surface area contributed by atoms with Crippen LogP contribution in [-0.2, 0) is 17.9 Å². The van der Waals surface area contributed by atoms with Crippen molar-refractivity contribution in [2.24, 2.45) is 0 Å². The summed E-state index contributed by atoms with van der Waals surface area (Å²) in [4.78, 5) is 26.4. The average Bonchev–Trinajstić information content (AvgIpc) is 3.41. The number of amides is 1. The molecule has 5 rings (SSSR count). The zero-order chi connectivity index (χ0) is 22.1. The van der Waals surface area contributed by atoms with Crippen LogP contribution >= 0.6 is 0 Å². The first-order chi connectivity index (χ1) is 15.6. The van der Waals surface area contributed by atoms with Gasteiger partial charge < -0.3 is 14.0 Å². The zero-order valence-electron chi connectivity index (χ0n) is 18.8. The first kappa shape index (κ1) is 20.8. The van der Waals surface area contributed by atoms with E-state index in [0.717, 1.165) is 64.5 Å². The second-order valence-electron chi connectivity index (χ2n) is 8.75. The van der Waals surface area contributed by atoms with Crippen molar-refractivity contribution in [1.29, 1.82) is 0 Å². The number of nitrogens with zero attached hydrogens (tertiary/aromatic N) is 8. The smallest absolute Gasteiger partial charge is 0.233 e. The molecule has 1 fully saturated rings. The summed E-state index contributed by atoms with van der Waals surface area (Å²) in [6.45, 7) is 10.5. The maximum atomic E-state index is 13.4. The Labute approximate surface area is 188 Å². The minimum absolute atomic E-state index is 0.181. The van der Waals surface area contributed by atoms with E-state index >= 15 is 0 Å². The Kier molecular flexibility index (Phi) is 5.73. The standard InChI is InChI=1S/C23H30N8O/c1-17-5-6-18(2)30(17)15-12-28-10-13-29(14-11-28)23(32)19-4-3-9-31-21(19)26-27-22(31)20-16-24-7-8-25-20/h5-8,16,19H,3-4,9-15H2,1-2H3. The predicted molar refractivity (Wildman–Crippen MR) is 120 cm³/mol. The molecule has 1 atom stereocenters. The molecule has 32 heavy (non-hydrogen) atoms. The van der Waals surface area contributed by atoms with Gasteiger partial charge in [0.2, 0.25) is 5.91 Å². The molecule has 0 spiro atoms. The van der Waals surface area contributed by atoms with Gasteiger partial charge in [0.15, 0.2) is 5.82 Å². The molecule has 1 amide bonds. The topological polar surface area (TPSA) is 85.0 Å². The van der Waals surface area contributed by atoms with Crippen LogP contribution in [0.15, 0.2) is 30.7 Å². The van der Waals surface area contributed by atoms with Crippen molar-refractivity contribution in [2.75, 3.05) is 32.7 Å². The van der Waals surface area contributed by atoms with Gasteiger partial charge in [-0.3, -0.25) is 14.7 Å². The molecule has 2 aliphatic heterocycles. The summed E-state index contributed by atoms with van der Waals surface area (Å²) in [7, 11) is 0. The molecule has 168 valence electrons. The molecule has 9 heteroatoms. The molecular formula is C23H30N8O. The van der Waals surface area contributed by atoms with Gasteiger partial charge in [0.25, 0.3) is 0 Å². The molecule has 0 aromatic carbocycles. The van der Waals surface area contributed by atoms with Gasteiger partial charge in [-0.05, 0) is 38.8 Å². The van der Waals surface area contributed by atoms with Crippen molar-refractivity contribution < 1.29 is 4.79 Å². The van der Waals surface area contributed by atoms with Gasteiger partial charge >= 0.3 is 0 Å². The van der Waals surface area contributed by atoms with Crippen LogP contribution < -0.4 is 0 Å². The number of hydrogen-bond acceptors (Lipinski definition) is 6. The van der Waals surface area contributed by atoms with Crippen molar-refractivity contribution in [3.63, 3.8) is 0 Å². The van der Waals surface area contributed by atoms with Crippen LogP contribution in [0.1, 0.15) is 36.0 Å². The molecule has 0 N–H and O–H groups in total. The molecule has 1 saturated heterocycles. The van der Waals surface area contributed by atoms with Gasteiger partial charge in [-0.15, -0.1) is 10.2 Å². The summed E-state index contributed by atoms with van der Waals surface area (Å²) < 4.78 is 4.41. The second-order valence-corrected chi connectivity index (χ2v) is 8.75. The van der Waals surface area contributed by atoms with E-state index in [4.69, 9.17) is 0 Å². The van der Waals surface area contributed by atoms with E-state index in [2.05, 4.69) is 55.6 Å². The number of aryl methyl sites for hydroxylation is 2. The molecule has 0 radical (unpaired) electrons. The summed E-state index contributed by atoms with van der Waals surface area (Å²) in [5.41, 5.74) is 3.30. The van der Waals surface area contributed by atoms with Crippen LogP contribution in [0.4, 0.5) is 0 Å². The van der Waals surface area contributed by atoms with Crippen LogP contribution in [0, 0.1) is 13.8 Å². The molecule has 3 aromatic rings. The van der Waals surface area contributed by atoms with Crippen molar-refractivity contribution in [3.8, 4) is 11.5 Å². The molecule has 5 heterocycles. The summed E-state index contributed by atoms with van der Waals surface area (Å²) in [6.07, 6.45) is 6.75. The SMILES string of the molecule is Cc1ccc(C)n1CCN1CCN(C(=O)C2CCCn3c(-c4cnccn4)nnc32)CC1. The third kappa shape index (κ3) is 3.92. The molecule has 2 aliphatic rings. The summed E-state index contributed by atoms with van der Waals surface area (Å²) in [5, 5.41) is 8.75. The quantitative estimate of drug-likeness (QED) is 0.610. The lowest BCUT2D eigenvalue weighted by Gasteiger charge is -2.37. The summed E-state index contributed by atoms with van der Waals surface area (Å²) >= 11 is 0. The minimum Gasteiger partial charge on any atom is -0.348 e. The van der Waals surface area contributed by atoms with Gasteiger partial charge in [-0.1, -0.05) is 0 Å². The van der Waals surface area contributed by atoms with Crippen LogP contribution in [0.5, 0.6) is 0 Å². The fourth-order valence-corrected chi connectivity index (χ4v) is 4.92. The van der Waals surface area contributed by atoms with Crippen LogP contribution in [0.2, 0.25) is 0 Å². The van der Waals surface area contributed by atoms with Gasteiger partial charge in [0.05, 0.1) is 12.1 Å². The Morgan fingerprint density at radius 2 is 1.78 bits per heavy atom. The van der Waals surface area contributed by atoms with E-state index in [1.165, 1.54) is 11.4 Å². The van der Waals surface area contributed by atoms with E-state index < -0.39 is 0 Å². The number of carbonyl (C=O) groups is 1. The predicted octanol–water partition coefficient (Wildman–Crippen LogP) is 1.88. The Morgan fingerprint density at radius 1 is 1.00 bits per heavy atom. The highest BCUT2D eigenvalue weighted by molar-refractivity contribution is 5.83. The molecule has 0 aliphatic carbocycles. The van der Waals surface area contributed by atoms with Crippen molar-refractivity contribution in [3.05, 3.63) is 47.9 Å². The third-order valence-corrected chi connectivity index (χ3v) is 6.80. The van der Waals surface area contributed by atoms with Crippen molar-refractivity contribution in [2.45, 2.75) is 45.7 Å². The maximum Gasteiger partial charge on any atom is 0.233 e. The first-order valence-corrected chi connectivity index (χ1v) is 11.4. The first-order valence-electron chi connectivity index (χ1n) is 11.4. The lowest BCUT2D eigenvalue weighted by atomic mass is 9.96. The van der Waals surface area contributed by atoms with Crippen LogP contribution in [-0.4, -0.2) is 77.7 Å². The molecule has 9 nitrogen and oxygen atoms in total. The Morgan fingerprint density at radius 3 is 2.50 bits per heavy atom. The zero-order valence-corrected chi connectivity index (χ0v) is 18.8. The van der Waals surface area contributed by atoms with Gasteiger partial charge in [-0.2, -0.15) is 0 Å². The maximum absolute atomic E-state index is 13.4. The number of aromatic nitrogens is 6. The Bertz CT molecular complexity index is 1060. The fraction of sp³-hybridized carbons (Fsp3) is 0.522. The monoisotopic (exact) mass is 434 g/mol.